The Morgan fingerprint density at radius 3 is 2.46 bits per heavy atom. The molecule has 0 atom stereocenters. The molecule has 0 radical (unpaired) electrons. The van der Waals surface area contributed by atoms with Gasteiger partial charge in [-0.15, -0.1) is 0 Å². The normalized spacial score (nSPS) is 10.2. The van der Waals surface area contributed by atoms with Gasteiger partial charge in [-0.05, 0) is 61.6 Å². The van der Waals surface area contributed by atoms with Crippen LogP contribution in [0.3, 0.4) is 0 Å². The first-order chi connectivity index (χ1) is 13.5. The number of anilines is 1. The van der Waals surface area contributed by atoms with Crippen LogP contribution in [0, 0.1) is 6.92 Å². The first-order valence-electron chi connectivity index (χ1n) is 8.61. The van der Waals surface area contributed by atoms with Crippen molar-refractivity contribution in [2.75, 3.05) is 5.32 Å². The highest BCUT2D eigenvalue weighted by molar-refractivity contribution is 7.80. The van der Waals surface area contributed by atoms with Gasteiger partial charge in [-0.2, -0.15) is 0 Å². The highest BCUT2D eigenvalue weighted by atomic mass is 32.1. The predicted molar refractivity (Wildman–Crippen MR) is 111 cm³/mol. The predicted octanol–water partition coefficient (Wildman–Crippen LogP) is 3.64. The van der Waals surface area contributed by atoms with Crippen molar-refractivity contribution < 1.29 is 14.0 Å². The van der Waals surface area contributed by atoms with E-state index in [0.717, 1.165) is 5.56 Å². The molecule has 6 nitrogen and oxygen atoms in total. The Kier molecular flexibility index (Phi) is 6.18. The fourth-order valence-electron chi connectivity index (χ4n) is 2.46. The second-order valence-corrected chi connectivity index (χ2v) is 6.53. The van der Waals surface area contributed by atoms with Crippen molar-refractivity contribution in [1.29, 1.82) is 0 Å². The lowest BCUT2D eigenvalue weighted by molar-refractivity contribution is 0.0946. The number of aryl methyl sites for hydroxylation is 1. The summed E-state index contributed by atoms with van der Waals surface area (Å²) in [6.45, 7) is 2.25. The molecule has 0 aliphatic rings. The minimum Gasteiger partial charge on any atom is -0.467 e. The molecular formula is C21H19N3O3S. The van der Waals surface area contributed by atoms with E-state index in [0.29, 0.717) is 29.1 Å². The van der Waals surface area contributed by atoms with Crippen LogP contribution in [0.2, 0.25) is 0 Å². The number of carbonyl (C=O) groups is 2. The van der Waals surface area contributed by atoms with E-state index < -0.39 is 0 Å². The number of amides is 2. The molecule has 3 aromatic rings. The largest absolute Gasteiger partial charge is 0.467 e. The summed E-state index contributed by atoms with van der Waals surface area (Å²) in [7, 11) is 0. The number of hydrogen-bond acceptors (Lipinski definition) is 4. The molecule has 0 saturated carbocycles. The highest BCUT2D eigenvalue weighted by Gasteiger charge is 2.10. The molecule has 2 aromatic carbocycles. The smallest absolute Gasteiger partial charge is 0.257 e. The lowest BCUT2D eigenvalue weighted by Gasteiger charge is -2.11. The molecule has 0 spiro atoms. The summed E-state index contributed by atoms with van der Waals surface area (Å²) in [4.78, 5) is 24.5. The van der Waals surface area contributed by atoms with Crippen LogP contribution < -0.4 is 16.0 Å². The Bertz CT molecular complexity index is 982. The Labute approximate surface area is 167 Å². The van der Waals surface area contributed by atoms with Crippen LogP contribution in [-0.4, -0.2) is 16.9 Å². The summed E-state index contributed by atoms with van der Waals surface area (Å²) < 4.78 is 5.19. The summed E-state index contributed by atoms with van der Waals surface area (Å²) in [5, 5.41) is 8.47. The third kappa shape index (κ3) is 5.28. The van der Waals surface area contributed by atoms with E-state index in [1.165, 1.54) is 0 Å². The summed E-state index contributed by atoms with van der Waals surface area (Å²) in [5.41, 5.74) is 2.64. The van der Waals surface area contributed by atoms with Gasteiger partial charge in [0, 0.05) is 16.8 Å². The van der Waals surface area contributed by atoms with Crippen LogP contribution >= 0.6 is 12.2 Å². The van der Waals surface area contributed by atoms with Gasteiger partial charge in [0.25, 0.3) is 11.8 Å². The van der Waals surface area contributed by atoms with Crippen molar-refractivity contribution in [3.8, 4) is 0 Å². The van der Waals surface area contributed by atoms with E-state index in [-0.39, 0.29) is 16.9 Å². The standard InChI is InChI=1S/C21H19N3O3S/c1-14-7-9-15(10-8-14)20(26)24-21(28)23-17-5-2-4-16(12-17)19(25)22-13-18-6-3-11-27-18/h2-12H,13H2,1H3,(H,22,25)(H2,23,24,26,28). The van der Waals surface area contributed by atoms with Crippen LogP contribution in [0.15, 0.2) is 71.3 Å². The minimum absolute atomic E-state index is 0.152. The third-order valence-electron chi connectivity index (χ3n) is 3.93. The van der Waals surface area contributed by atoms with E-state index >= 15 is 0 Å². The molecule has 142 valence electrons. The zero-order chi connectivity index (χ0) is 19.9. The fraction of sp³-hybridized carbons (Fsp3) is 0.0952. The van der Waals surface area contributed by atoms with Crippen LogP contribution in [0.5, 0.6) is 0 Å². The quantitative estimate of drug-likeness (QED) is 0.577. The molecule has 0 aliphatic carbocycles. The van der Waals surface area contributed by atoms with E-state index in [2.05, 4.69) is 16.0 Å². The molecule has 3 rings (SSSR count). The molecular weight excluding hydrogens is 374 g/mol. The third-order valence-corrected chi connectivity index (χ3v) is 4.13. The number of nitrogens with one attached hydrogen (secondary N) is 3. The SMILES string of the molecule is Cc1ccc(C(=O)NC(=S)Nc2cccc(C(=O)NCc3ccco3)c2)cc1. The molecule has 0 fully saturated rings. The highest BCUT2D eigenvalue weighted by Crippen LogP contribution is 2.11. The Morgan fingerprint density at radius 1 is 0.964 bits per heavy atom. The van der Waals surface area contributed by atoms with Crippen LogP contribution in [0.25, 0.3) is 0 Å². The van der Waals surface area contributed by atoms with Crippen LogP contribution in [-0.2, 0) is 6.54 Å². The molecule has 0 unspecified atom stereocenters. The van der Waals surface area contributed by atoms with Crippen molar-refractivity contribution in [3.63, 3.8) is 0 Å². The van der Waals surface area contributed by atoms with Gasteiger partial charge in [0.1, 0.15) is 5.76 Å². The maximum Gasteiger partial charge on any atom is 0.257 e. The van der Waals surface area contributed by atoms with Gasteiger partial charge in [0.2, 0.25) is 0 Å². The minimum atomic E-state index is -0.301. The van der Waals surface area contributed by atoms with Crippen molar-refractivity contribution >= 4 is 34.8 Å². The second kappa shape index (κ2) is 8.96. The van der Waals surface area contributed by atoms with Gasteiger partial charge in [-0.1, -0.05) is 23.8 Å². The number of hydrogen-bond donors (Lipinski definition) is 3. The average molecular weight is 393 g/mol. The first-order valence-corrected chi connectivity index (χ1v) is 9.02. The zero-order valence-electron chi connectivity index (χ0n) is 15.2. The molecule has 0 aliphatic heterocycles. The van der Waals surface area contributed by atoms with Gasteiger partial charge in [0.05, 0.1) is 12.8 Å². The van der Waals surface area contributed by atoms with Crippen molar-refractivity contribution in [2.45, 2.75) is 13.5 Å². The fourth-order valence-corrected chi connectivity index (χ4v) is 2.67. The molecule has 7 heteroatoms. The molecule has 1 heterocycles. The molecule has 28 heavy (non-hydrogen) atoms. The molecule has 0 bridgehead atoms. The molecule has 2 amide bonds. The average Bonchev–Trinajstić information content (AvgIpc) is 3.20. The Balaban J connectivity index is 1.57. The van der Waals surface area contributed by atoms with Gasteiger partial charge >= 0.3 is 0 Å². The van der Waals surface area contributed by atoms with Crippen molar-refractivity contribution in [3.05, 3.63) is 89.4 Å². The van der Waals surface area contributed by atoms with Crippen molar-refractivity contribution in [1.82, 2.24) is 10.6 Å². The first kappa shape index (κ1) is 19.3. The van der Waals surface area contributed by atoms with Gasteiger partial charge in [-0.3, -0.25) is 14.9 Å². The van der Waals surface area contributed by atoms with Crippen LogP contribution in [0.4, 0.5) is 5.69 Å². The van der Waals surface area contributed by atoms with E-state index in [9.17, 15) is 9.59 Å². The Hall–Kier alpha value is -3.45. The van der Waals surface area contributed by atoms with E-state index in [4.69, 9.17) is 16.6 Å². The topological polar surface area (TPSA) is 83.4 Å². The number of rotatable bonds is 5. The number of benzene rings is 2. The lowest BCUT2D eigenvalue weighted by atomic mass is 10.1. The number of carbonyl (C=O) groups excluding carboxylic acids is 2. The maximum absolute atomic E-state index is 12.3. The van der Waals surface area contributed by atoms with Gasteiger partial charge < -0.3 is 15.1 Å². The zero-order valence-corrected chi connectivity index (χ0v) is 16.0. The van der Waals surface area contributed by atoms with Crippen LogP contribution in [0.1, 0.15) is 32.0 Å². The second-order valence-electron chi connectivity index (χ2n) is 6.12. The monoisotopic (exact) mass is 393 g/mol. The Morgan fingerprint density at radius 2 is 1.75 bits per heavy atom. The van der Waals surface area contributed by atoms with Crippen molar-refractivity contribution in [2.24, 2.45) is 0 Å². The number of thiocarbonyl (C=S) groups is 1. The molecule has 0 saturated heterocycles. The van der Waals surface area contributed by atoms with E-state index in [1.54, 1.807) is 54.8 Å². The summed E-state index contributed by atoms with van der Waals surface area (Å²) in [5.74, 6) is 0.127. The molecule has 1 aromatic heterocycles. The van der Waals surface area contributed by atoms with Gasteiger partial charge in [0.15, 0.2) is 5.11 Å². The summed E-state index contributed by atoms with van der Waals surface area (Å²) >= 11 is 5.20. The lowest BCUT2D eigenvalue weighted by Crippen LogP contribution is -2.34. The number of furan rings is 1. The summed E-state index contributed by atoms with van der Waals surface area (Å²) in [6, 6.07) is 17.6. The summed E-state index contributed by atoms with van der Waals surface area (Å²) in [6.07, 6.45) is 1.55. The van der Waals surface area contributed by atoms with E-state index in [1.807, 2.05) is 19.1 Å². The van der Waals surface area contributed by atoms with Gasteiger partial charge in [-0.25, -0.2) is 0 Å². The maximum atomic E-state index is 12.3. The molecule has 3 N–H and O–H groups in total.